The molecule has 3 rings (SSSR count). The van der Waals surface area contributed by atoms with Gasteiger partial charge < -0.3 is 14.5 Å². The van der Waals surface area contributed by atoms with E-state index in [-0.39, 0.29) is 17.2 Å². The minimum absolute atomic E-state index is 0.0956. The molecule has 0 atom stereocenters. The minimum Gasteiger partial charge on any atom is -0.496 e. The summed E-state index contributed by atoms with van der Waals surface area (Å²) in [5.74, 6) is 0.310. The molecule has 8 heteroatoms. The van der Waals surface area contributed by atoms with Gasteiger partial charge >= 0.3 is 0 Å². The van der Waals surface area contributed by atoms with E-state index in [2.05, 4.69) is 10.3 Å². The van der Waals surface area contributed by atoms with Crippen molar-refractivity contribution in [2.75, 3.05) is 12.4 Å². The van der Waals surface area contributed by atoms with Crippen molar-refractivity contribution in [3.8, 4) is 17.1 Å². The maximum absolute atomic E-state index is 12.2. The van der Waals surface area contributed by atoms with Gasteiger partial charge in [0.1, 0.15) is 11.5 Å². The lowest BCUT2D eigenvalue weighted by Crippen LogP contribution is -2.10. The van der Waals surface area contributed by atoms with Crippen LogP contribution in [0, 0.1) is 10.1 Å². The Hall–Kier alpha value is -3.68. The summed E-state index contributed by atoms with van der Waals surface area (Å²) < 4.78 is 10.7. The highest BCUT2D eigenvalue weighted by atomic mass is 16.6. The first kappa shape index (κ1) is 16.2. The molecule has 0 aliphatic carbocycles. The molecule has 0 saturated heterocycles. The van der Waals surface area contributed by atoms with Crippen LogP contribution < -0.4 is 10.1 Å². The van der Waals surface area contributed by atoms with Crippen LogP contribution in [0.3, 0.4) is 0 Å². The molecule has 0 fully saturated rings. The Morgan fingerprint density at radius 2 is 2.12 bits per heavy atom. The fraction of sp³-hybridized carbons (Fsp3) is 0.0588. The Morgan fingerprint density at radius 3 is 2.80 bits per heavy atom. The van der Waals surface area contributed by atoms with Crippen LogP contribution >= 0.6 is 0 Å². The summed E-state index contributed by atoms with van der Waals surface area (Å²) in [7, 11) is 1.40. The summed E-state index contributed by atoms with van der Waals surface area (Å²) in [6.07, 6.45) is 3.11. The third kappa shape index (κ3) is 3.47. The average Bonchev–Trinajstić information content (AvgIpc) is 3.12. The number of nitrogens with zero attached hydrogens (tertiary/aromatic N) is 2. The van der Waals surface area contributed by atoms with Crippen LogP contribution in [-0.4, -0.2) is 22.9 Å². The maximum Gasteiger partial charge on any atom is 0.291 e. The largest absolute Gasteiger partial charge is 0.496 e. The van der Waals surface area contributed by atoms with Gasteiger partial charge in [-0.05, 0) is 30.3 Å². The number of hydrogen-bond donors (Lipinski definition) is 1. The summed E-state index contributed by atoms with van der Waals surface area (Å²) in [4.78, 5) is 26.5. The molecule has 0 aliphatic heterocycles. The molecule has 0 radical (unpaired) electrons. The van der Waals surface area contributed by atoms with Crippen molar-refractivity contribution in [3.63, 3.8) is 0 Å². The fourth-order valence-corrected chi connectivity index (χ4v) is 2.23. The van der Waals surface area contributed by atoms with Gasteiger partial charge in [0.2, 0.25) is 0 Å². The number of carbonyl (C=O) groups excluding carboxylic acids is 1. The topological polar surface area (TPSA) is 108 Å². The van der Waals surface area contributed by atoms with E-state index < -0.39 is 10.8 Å². The van der Waals surface area contributed by atoms with Gasteiger partial charge in [-0.15, -0.1) is 0 Å². The van der Waals surface area contributed by atoms with E-state index in [0.717, 1.165) is 0 Å². The monoisotopic (exact) mass is 339 g/mol. The van der Waals surface area contributed by atoms with Crippen molar-refractivity contribution in [1.29, 1.82) is 0 Å². The van der Waals surface area contributed by atoms with E-state index in [1.807, 2.05) is 0 Å². The van der Waals surface area contributed by atoms with Gasteiger partial charge in [-0.2, -0.15) is 0 Å². The number of ether oxygens (including phenoxy) is 1. The number of non-ortho nitro benzene ring substituents is 1. The quantitative estimate of drug-likeness (QED) is 0.563. The first-order valence-corrected chi connectivity index (χ1v) is 7.22. The van der Waals surface area contributed by atoms with E-state index in [1.54, 1.807) is 24.4 Å². The minimum atomic E-state index is -0.513. The first-order chi connectivity index (χ1) is 12.1. The molecule has 0 aliphatic rings. The van der Waals surface area contributed by atoms with E-state index in [1.165, 1.54) is 37.6 Å². The molecule has 0 bridgehead atoms. The van der Waals surface area contributed by atoms with Crippen molar-refractivity contribution in [1.82, 2.24) is 4.98 Å². The number of benzene rings is 1. The van der Waals surface area contributed by atoms with Gasteiger partial charge in [0.05, 0.1) is 35.5 Å². The van der Waals surface area contributed by atoms with Crippen LogP contribution in [0.25, 0.3) is 11.3 Å². The lowest BCUT2D eigenvalue weighted by atomic mass is 10.1. The number of aromatic nitrogens is 1. The highest BCUT2D eigenvalue weighted by molar-refractivity contribution is 6.02. The highest BCUT2D eigenvalue weighted by Crippen LogP contribution is 2.34. The predicted molar refractivity (Wildman–Crippen MR) is 89.5 cm³/mol. The molecule has 1 aromatic carbocycles. The Labute approximate surface area is 142 Å². The Kier molecular flexibility index (Phi) is 4.42. The SMILES string of the molecule is COc1cc([N+](=O)[O-])ccc1-c1ccc(C(=O)Nc2cccnc2)o1. The number of rotatable bonds is 5. The Morgan fingerprint density at radius 1 is 1.28 bits per heavy atom. The number of anilines is 1. The van der Waals surface area contributed by atoms with Crippen LogP contribution in [0.2, 0.25) is 0 Å². The molecular formula is C17H13N3O5. The third-order valence-electron chi connectivity index (χ3n) is 3.41. The second-order valence-electron chi connectivity index (χ2n) is 5.00. The second kappa shape index (κ2) is 6.83. The number of furan rings is 1. The van der Waals surface area contributed by atoms with Crippen molar-refractivity contribution < 1.29 is 18.9 Å². The molecule has 0 spiro atoms. The zero-order valence-corrected chi connectivity index (χ0v) is 13.1. The van der Waals surface area contributed by atoms with E-state index in [4.69, 9.17) is 9.15 Å². The molecule has 0 unspecified atom stereocenters. The molecule has 1 amide bonds. The molecule has 126 valence electrons. The first-order valence-electron chi connectivity index (χ1n) is 7.22. The van der Waals surface area contributed by atoms with Crippen molar-refractivity contribution >= 4 is 17.3 Å². The summed E-state index contributed by atoms with van der Waals surface area (Å²) in [6, 6.07) is 10.7. The second-order valence-corrected chi connectivity index (χ2v) is 5.00. The molecule has 1 N–H and O–H groups in total. The van der Waals surface area contributed by atoms with Gasteiger partial charge in [0, 0.05) is 12.3 Å². The van der Waals surface area contributed by atoms with Crippen LogP contribution in [0.1, 0.15) is 10.6 Å². The van der Waals surface area contributed by atoms with Gasteiger partial charge in [-0.1, -0.05) is 0 Å². The molecule has 2 heterocycles. The van der Waals surface area contributed by atoms with Crippen LogP contribution in [0.5, 0.6) is 5.75 Å². The molecule has 8 nitrogen and oxygen atoms in total. The van der Waals surface area contributed by atoms with Crippen molar-refractivity contribution in [3.05, 3.63) is 70.7 Å². The Bertz CT molecular complexity index is 921. The number of carbonyl (C=O) groups is 1. The number of amides is 1. The molecule has 3 aromatic rings. The number of nitro groups is 1. The van der Waals surface area contributed by atoms with Gasteiger partial charge in [0.15, 0.2) is 5.76 Å². The van der Waals surface area contributed by atoms with Crippen molar-refractivity contribution in [2.45, 2.75) is 0 Å². The normalized spacial score (nSPS) is 10.3. The predicted octanol–water partition coefficient (Wildman–Crippen LogP) is 3.51. The van der Waals surface area contributed by atoms with E-state index in [9.17, 15) is 14.9 Å². The number of pyridine rings is 1. The zero-order chi connectivity index (χ0) is 17.8. The lowest BCUT2D eigenvalue weighted by Gasteiger charge is -2.06. The molecular weight excluding hydrogens is 326 g/mol. The summed E-state index contributed by atoms with van der Waals surface area (Å²) in [6.45, 7) is 0. The zero-order valence-electron chi connectivity index (χ0n) is 13.1. The summed E-state index contributed by atoms with van der Waals surface area (Å²) in [5.41, 5.74) is 0.952. The van der Waals surface area contributed by atoms with Crippen LogP contribution in [-0.2, 0) is 0 Å². The fourth-order valence-electron chi connectivity index (χ4n) is 2.23. The van der Waals surface area contributed by atoms with Crippen LogP contribution in [0.15, 0.2) is 59.3 Å². The van der Waals surface area contributed by atoms with Crippen molar-refractivity contribution in [2.24, 2.45) is 0 Å². The smallest absolute Gasteiger partial charge is 0.291 e. The summed E-state index contributed by atoms with van der Waals surface area (Å²) in [5, 5.41) is 13.5. The summed E-state index contributed by atoms with van der Waals surface area (Å²) >= 11 is 0. The van der Waals surface area contributed by atoms with E-state index in [0.29, 0.717) is 17.0 Å². The lowest BCUT2D eigenvalue weighted by molar-refractivity contribution is -0.384. The third-order valence-corrected chi connectivity index (χ3v) is 3.41. The van der Waals surface area contributed by atoms with Gasteiger partial charge in [0.25, 0.3) is 11.6 Å². The molecule has 2 aromatic heterocycles. The number of nitrogens with one attached hydrogen (secondary N) is 1. The standard InChI is InChI=1S/C17H13N3O5/c1-24-16-9-12(20(22)23)4-5-13(16)14-6-7-15(25-14)17(21)19-11-3-2-8-18-10-11/h2-10H,1H3,(H,19,21). The van der Waals surface area contributed by atoms with Gasteiger partial charge in [-0.3, -0.25) is 19.9 Å². The number of methoxy groups -OCH3 is 1. The molecule has 0 saturated carbocycles. The number of hydrogen-bond acceptors (Lipinski definition) is 6. The molecule has 25 heavy (non-hydrogen) atoms. The van der Waals surface area contributed by atoms with Crippen LogP contribution in [0.4, 0.5) is 11.4 Å². The van der Waals surface area contributed by atoms with E-state index >= 15 is 0 Å². The maximum atomic E-state index is 12.2. The average molecular weight is 339 g/mol. The number of nitro benzene ring substituents is 1. The highest BCUT2D eigenvalue weighted by Gasteiger charge is 2.17. The van der Waals surface area contributed by atoms with Gasteiger partial charge in [-0.25, -0.2) is 0 Å². The Balaban J connectivity index is 1.86.